The molecule has 2 N–H and O–H groups in total. The first-order valence-corrected chi connectivity index (χ1v) is 15.8. The van der Waals surface area contributed by atoms with Gasteiger partial charge in [0.25, 0.3) is 0 Å². The molecule has 11 heteroatoms. The molecule has 1 amide bonds. The van der Waals surface area contributed by atoms with Gasteiger partial charge in [0.2, 0.25) is 11.7 Å². The van der Waals surface area contributed by atoms with Gasteiger partial charge in [-0.1, -0.05) is 35.3 Å². The van der Waals surface area contributed by atoms with Gasteiger partial charge < -0.3 is 24.3 Å². The number of aryl methyl sites for hydroxylation is 1. The fourth-order valence-corrected chi connectivity index (χ4v) is 6.79. The third-order valence-corrected chi connectivity index (χ3v) is 9.23. The first kappa shape index (κ1) is 31.5. The summed E-state index contributed by atoms with van der Waals surface area (Å²) in [4.78, 5) is 30.7. The summed E-state index contributed by atoms with van der Waals surface area (Å²) in [6, 6.07) is 16.3. The number of anilines is 1. The highest BCUT2D eigenvalue weighted by Crippen LogP contribution is 2.41. The van der Waals surface area contributed by atoms with Gasteiger partial charge in [-0.25, -0.2) is 4.98 Å². The molecule has 3 aromatic heterocycles. The third-order valence-electron chi connectivity index (χ3n) is 8.57. The van der Waals surface area contributed by atoms with Crippen LogP contribution in [0.4, 0.5) is 5.69 Å². The maximum Gasteiger partial charge on any atom is 0.248 e. The number of pyridine rings is 1. The molecule has 1 saturated carbocycles. The molecule has 0 aliphatic heterocycles. The van der Waals surface area contributed by atoms with Crippen LogP contribution in [-0.4, -0.2) is 51.4 Å². The molecule has 9 nitrogen and oxygen atoms in total. The van der Waals surface area contributed by atoms with Crippen molar-refractivity contribution in [2.75, 3.05) is 19.0 Å². The molecule has 1 aliphatic carbocycles. The Balaban J connectivity index is 1.18. The molecule has 0 atom stereocenters. The van der Waals surface area contributed by atoms with Crippen molar-refractivity contribution < 1.29 is 14.3 Å². The van der Waals surface area contributed by atoms with Gasteiger partial charge >= 0.3 is 0 Å². The van der Waals surface area contributed by atoms with Crippen molar-refractivity contribution in [3.8, 4) is 17.2 Å². The van der Waals surface area contributed by atoms with E-state index in [4.69, 9.17) is 27.9 Å². The molecule has 1 aliphatic rings. The minimum absolute atomic E-state index is 0.185. The Labute approximate surface area is 276 Å². The van der Waals surface area contributed by atoms with Crippen LogP contribution in [0.5, 0.6) is 0 Å². The molecule has 2 aromatic carbocycles. The number of methoxy groups -OCH3 is 1. The number of hydrogen-bond acceptors (Lipinski definition) is 6. The van der Waals surface area contributed by atoms with E-state index in [1.807, 2.05) is 35.9 Å². The van der Waals surface area contributed by atoms with Crippen LogP contribution in [0.3, 0.4) is 0 Å². The summed E-state index contributed by atoms with van der Waals surface area (Å²) >= 11 is 13.5. The highest BCUT2D eigenvalue weighted by Gasteiger charge is 2.22. The van der Waals surface area contributed by atoms with Crippen LogP contribution in [0.15, 0.2) is 73.2 Å². The van der Waals surface area contributed by atoms with Gasteiger partial charge in [-0.05, 0) is 68.1 Å². The first-order valence-electron chi connectivity index (χ1n) is 15.0. The smallest absolute Gasteiger partial charge is 0.248 e. The summed E-state index contributed by atoms with van der Waals surface area (Å²) < 4.78 is 9.04. The zero-order chi connectivity index (χ0) is 32.4. The average Bonchev–Trinajstić information content (AvgIpc) is 3.67. The molecule has 46 heavy (non-hydrogen) atoms. The van der Waals surface area contributed by atoms with Crippen LogP contribution in [0.1, 0.15) is 47.3 Å². The lowest BCUT2D eigenvalue weighted by Gasteiger charge is -2.27. The fourth-order valence-electron chi connectivity index (χ4n) is 6.09. The van der Waals surface area contributed by atoms with E-state index in [-0.39, 0.29) is 17.3 Å². The Bertz CT molecular complexity index is 2030. The molecular formula is C35H32Cl2N6O3. The van der Waals surface area contributed by atoms with Crippen molar-refractivity contribution in [1.82, 2.24) is 19.3 Å². The van der Waals surface area contributed by atoms with Crippen molar-refractivity contribution >= 4 is 57.1 Å². The first-order chi connectivity index (χ1) is 22.3. The zero-order valence-corrected chi connectivity index (χ0v) is 26.9. The van der Waals surface area contributed by atoms with Crippen molar-refractivity contribution in [3.63, 3.8) is 0 Å². The Kier molecular flexibility index (Phi) is 9.24. The predicted molar refractivity (Wildman–Crippen MR) is 181 cm³/mol. The van der Waals surface area contributed by atoms with E-state index >= 15 is 0 Å². The second-order valence-electron chi connectivity index (χ2n) is 11.4. The van der Waals surface area contributed by atoms with E-state index in [0.717, 1.165) is 42.3 Å². The van der Waals surface area contributed by atoms with Crippen LogP contribution in [-0.2, 0) is 16.6 Å². The van der Waals surface area contributed by atoms with Crippen molar-refractivity contribution in [1.29, 1.82) is 5.26 Å². The summed E-state index contributed by atoms with van der Waals surface area (Å²) in [6.45, 7) is 0.567. The molecule has 6 rings (SSSR count). The molecule has 0 spiro atoms. The number of halogens is 2. The second-order valence-corrected chi connectivity index (χ2v) is 12.2. The summed E-state index contributed by atoms with van der Waals surface area (Å²) in [5, 5.41) is 16.9. The SMILES string of the molecule is COC1CCC(NCC=CC(=O)Nc2ccc(C(=O)c3ccc4c(-c5c(Cl)cc6c(ncn6C)c5Cl)cccn34)cc2C#N)CC1. The van der Waals surface area contributed by atoms with Gasteiger partial charge in [0.05, 0.1) is 50.5 Å². The maximum atomic E-state index is 13.7. The summed E-state index contributed by atoms with van der Waals surface area (Å²) in [7, 11) is 3.62. The van der Waals surface area contributed by atoms with E-state index in [9.17, 15) is 14.9 Å². The lowest BCUT2D eigenvalue weighted by molar-refractivity contribution is -0.111. The molecule has 1 fully saturated rings. The molecule has 0 saturated heterocycles. The van der Waals surface area contributed by atoms with Crippen LogP contribution >= 0.6 is 23.2 Å². The van der Waals surface area contributed by atoms with Gasteiger partial charge in [0, 0.05) is 55.7 Å². The number of nitrogens with zero attached hydrogens (tertiary/aromatic N) is 4. The Hall–Kier alpha value is -4.46. The molecule has 234 valence electrons. The fraction of sp³-hybridized carbons (Fsp3) is 0.257. The summed E-state index contributed by atoms with van der Waals surface area (Å²) in [5.41, 5.74) is 4.79. The van der Waals surface area contributed by atoms with Gasteiger partial charge in [0.1, 0.15) is 11.6 Å². The van der Waals surface area contributed by atoms with Crippen molar-refractivity contribution in [3.05, 3.63) is 100 Å². The monoisotopic (exact) mass is 654 g/mol. The average molecular weight is 656 g/mol. The number of ether oxygens (including phenoxy) is 1. The number of aromatic nitrogens is 3. The molecule has 0 bridgehead atoms. The van der Waals surface area contributed by atoms with E-state index in [1.165, 1.54) is 12.1 Å². The Morgan fingerprint density at radius 1 is 1.11 bits per heavy atom. The van der Waals surface area contributed by atoms with Crippen LogP contribution in [0.2, 0.25) is 10.0 Å². The molecule has 5 aromatic rings. The highest BCUT2D eigenvalue weighted by atomic mass is 35.5. The van der Waals surface area contributed by atoms with Crippen LogP contribution in [0, 0.1) is 11.3 Å². The lowest BCUT2D eigenvalue weighted by Crippen LogP contribution is -2.35. The van der Waals surface area contributed by atoms with Gasteiger partial charge in [-0.2, -0.15) is 5.26 Å². The van der Waals surface area contributed by atoms with Gasteiger partial charge in [-0.15, -0.1) is 0 Å². The molecule has 0 unspecified atom stereocenters. The Morgan fingerprint density at radius 3 is 2.67 bits per heavy atom. The molecule has 3 heterocycles. The Morgan fingerprint density at radius 2 is 1.91 bits per heavy atom. The van der Waals surface area contributed by atoms with Crippen molar-refractivity contribution in [2.24, 2.45) is 7.05 Å². The lowest BCUT2D eigenvalue weighted by atomic mass is 9.93. The number of nitrogens with one attached hydrogen (secondary N) is 2. The molecule has 0 radical (unpaired) electrons. The standard InChI is InChI=1S/C35H32Cl2N6O3/c1-42-20-40-34-30(42)18-26(36)32(33(34)37)25-5-4-16-43-28(25)13-14-29(43)35(45)21-7-12-27(22(17-21)19-38)41-31(44)6-3-15-39-23-8-10-24(46-2)11-9-23/h3-7,12-14,16-18,20,23-24,39H,8-11,15H2,1-2H3,(H,41,44). The number of amides is 1. The summed E-state index contributed by atoms with van der Waals surface area (Å²) in [5.74, 6) is -0.638. The highest BCUT2D eigenvalue weighted by molar-refractivity contribution is 6.43. The number of carbonyl (C=O) groups excluding carboxylic acids is 2. The molecular weight excluding hydrogens is 623 g/mol. The van der Waals surface area contributed by atoms with Crippen molar-refractivity contribution in [2.45, 2.75) is 37.8 Å². The van der Waals surface area contributed by atoms with E-state index in [2.05, 4.69) is 21.7 Å². The van der Waals surface area contributed by atoms with Crippen LogP contribution in [0.25, 0.3) is 27.7 Å². The van der Waals surface area contributed by atoms with E-state index in [0.29, 0.717) is 56.8 Å². The quantitative estimate of drug-likeness (QED) is 0.131. The van der Waals surface area contributed by atoms with Gasteiger partial charge in [-0.3, -0.25) is 9.59 Å². The number of fused-ring (bicyclic) bond motifs is 2. The number of nitriles is 1. The summed E-state index contributed by atoms with van der Waals surface area (Å²) in [6.07, 6.45) is 11.2. The van der Waals surface area contributed by atoms with E-state index < -0.39 is 0 Å². The normalized spacial score (nSPS) is 16.7. The second kappa shape index (κ2) is 13.5. The largest absolute Gasteiger partial charge is 0.381 e. The number of benzene rings is 2. The number of carbonyl (C=O) groups is 2. The number of ketones is 1. The maximum absolute atomic E-state index is 13.7. The predicted octanol–water partition coefficient (Wildman–Crippen LogP) is 6.94. The number of imidazole rings is 1. The number of hydrogen-bond donors (Lipinski definition) is 2. The zero-order valence-electron chi connectivity index (χ0n) is 25.4. The van der Waals surface area contributed by atoms with Crippen LogP contribution < -0.4 is 10.6 Å². The van der Waals surface area contributed by atoms with Gasteiger partial charge in [0.15, 0.2) is 0 Å². The topological polar surface area (TPSA) is 113 Å². The minimum atomic E-state index is -0.355. The van der Waals surface area contributed by atoms with E-state index in [1.54, 1.807) is 48.3 Å². The third kappa shape index (κ3) is 6.17. The number of rotatable bonds is 9. The minimum Gasteiger partial charge on any atom is -0.381 e.